The Morgan fingerprint density at radius 1 is 1.00 bits per heavy atom. The van der Waals surface area contributed by atoms with Crippen molar-refractivity contribution in [3.05, 3.63) is 82.3 Å². The van der Waals surface area contributed by atoms with E-state index in [1.54, 1.807) is 11.3 Å². The van der Waals surface area contributed by atoms with Crippen molar-refractivity contribution in [1.82, 2.24) is 9.55 Å². The van der Waals surface area contributed by atoms with Gasteiger partial charge in [0.2, 0.25) is 0 Å². The Bertz CT molecular complexity index is 1000. The lowest BCUT2D eigenvalue weighted by molar-refractivity contribution is 0.298. The lowest BCUT2D eigenvalue weighted by Gasteiger charge is -2.12. The van der Waals surface area contributed by atoms with E-state index in [4.69, 9.17) is 9.72 Å². The normalized spacial score (nSPS) is 11.4. The maximum atomic E-state index is 6.01. The molecule has 0 radical (unpaired) electrons. The number of benzene rings is 2. The highest BCUT2D eigenvalue weighted by Gasteiger charge is 2.11. The molecule has 0 aliphatic rings. The van der Waals surface area contributed by atoms with Crippen LogP contribution >= 0.6 is 11.3 Å². The second kappa shape index (κ2) is 7.97. The van der Waals surface area contributed by atoms with Gasteiger partial charge in [-0.15, -0.1) is 11.3 Å². The smallest absolute Gasteiger partial charge is 0.119 e. The van der Waals surface area contributed by atoms with Gasteiger partial charge in [-0.05, 0) is 47.2 Å². The number of hydrogen-bond acceptors (Lipinski definition) is 3. The second-order valence-corrected chi connectivity index (χ2v) is 8.03. The summed E-state index contributed by atoms with van der Waals surface area (Å²) >= 11 is 1.78. The highest BCUT2D eigenvalue weighted by Crippen LogP contribution is 2.22. The van der Waals surface area contributed by atoms with Crippen LogP contribution in [0.5, 0.6) is 5.75 Å². The van der Waals surface area contributed by atoms with Gasteiger partial charge in [-0.25, -0.2) is 4.98 Å². The minimum atomic E-state index is 0.538. The lowest BCUT2D eigenvalue weighted by atomic mass is 10.0. The van der Waals surface area contributed by atoms with Crippen LogP contribution in [0.4, 0.5) is 0 Å². The summed E-state index contributed by atoms with van der Waals surface area (Å²) in [6, 6.07) is 21.0. The Morgan fingerprint density at radius 3 is 2.56 bits per heavy atom. The van der Waals surface area contributed by atoms with Crippen LogP contribution in [0.25, 0.3) is 11.0 Å². The fraction of sp³-hybridized carbons (Fsp3) is 0.261. The number of aromatic nitrogens is 2. The molecule has 4 heteroatoms. The predicted octanol–water partition coefficient (Wildman–Crippen LogP) is 5.89. The van der Waals surface area contributed by atoms with Crippen LogP contribution in [0.3, 0.4) is 0 Å². The Hall–Kier alpha value is -2.59. The van der Waals surface area contributed by atoms with Gasteiger partial charge in [0.1, 0.15) is 18.2 Å². The van der Waals surface area contributed by atoms with Crippen LogP contribution in [0.1, 0.15) is 36.0 Å². The number of fused-ring (bicyclic) bond motifs is 1. The molecule has 27 heavy (non-hydrogen) atoms. The molecular formula is C23H24N2OS. The maximum Gasteiger partial charge on any atom is 0.119 e. The van der Waals surface area contributed by atoms with E-state index in [1.165, 1.54) is 16.0 Å². The van der Waals surface area contributed by atoms with E-state index in [-0.39, 0.29) is 0 Å². The van der Waals surface area contributed by atoms with Crippen LogP contribution in [0, 0.1) is 0 Å². The number of thiophene rings is 1. The van der Waals surface area contributed by atoms with Crippen LogP contribution in [0.2, 0.25) is 0 Å². The monoisotopic (exact) mass is 376 g/mol. The van der Waals surface area contributed by atoms with Gasteiger partial charge in [-0.2, -0.15) is 0 Å². The molecule has 4 aromatic rings. The second-order valence-electron chi connectivity index (χ2n) is 7.00. The maximum absolute atomic E-state index is 6.01. The topological polar surface area (TPSA) is 27.1 Å². The Morgan fingerprint density at radius 2 is 1.81 bits per heavy atom. The summed E-state index contributed by atoms with van der Waals surface area (Å²) in [5.41, 5.74) is 3.55. The third-order valence-electron chi connectivity index (χ3n) is 4.78. The highest BCUT2D eigenvalue weighted by molar-refractivity contribution is 7.09. The average Bonchev–Trinajstić information content (AvgIpc) is 3.31. The van der Waals surface area contributed by atoms with Gasteiger partial charge in [0.05, 0.1) is 17.6 Å². The first-order chi connectivity index (χ1) is 13.2. The van der Waals surface area contributed by atoms with Gasteiger partial charge in [0.25, 0.3) is 0 Å². The quantitative estimate of drug-likeness (QED) is 0.402. The van der Waals surface area contributed by atoms with Crippen LogP contribution in [-0.2, 0) is 13.0 Å². The van der Waals surface area contributed by atoms with Gasteiger partial charge in [0.15, 0.2) is 0 Å². The summed E-state index contributed by atoms with van der Waals surface area (Å²) < 4.78 is 8.30. The largest absolute Gasteiger partial charge is 0.492 e. The standard InChI is InChI=1S/C23H24N2OS/c1-17(2)18-9-11-19(12-10-18)26-14-13-25-22-8-4-3-7-21(22)24-23(25)16-20-6-5-15-27-20/h3-12,15,17H,13-14,16H2,1-2H3. The van der Waals surface area contributed by atoms with Gasteiger partial charge in [-0.3, -0.25) is 0 Å². The molecule has 0 aliphatic carbocycles. The summed E-state index contributed by atoms with van der Waals surface area (Å²) in [4.78, 5) is 6.19. The predicted molar refractivity (Wildman–Crippen MR) is 113 cm³/mol. The van der Waals surface area contributed by atoms with E-state index in [9.17, 15) is 0 Å². The molecular weight excluding hydrogens is 352 g/mol. The number of rotatable bonds is 7. The molecule has 2 aromatic carbocycles. The van der Waals surface area contributed by atoms with E-state index in [0.717, 1.165) is 30.1 Å². The van der Waals surface area contributed by atoms with Crippen molar-refractivity contribution < 1.29 is 4.74 Å². The Kier molecular flexibility index (Phi) is 5.26. The highest BCUT2D eigenvalue weighted by atomic mass is 32.1. The molecule has 138 valence electrons. The molecule has 0 atom stereocenters. The van der Waals surface area contributed by atoms with E-state index in [2.05, 4.69) is 78.4 Å². The number of para-hydroxylation sites is 2. The molecule has 0 unspecified atom stereocenters. The zero-order valence-electron chi connectivity index (χ0n) is 15.8. The molecule has 0 saturated carbocycles. The Balaban J connectivity index is 1.50. The fourth-order valence-corrected chi connectivity index (χ4v) is 3.98. The summed E-state index contributed by atoms with van der Waals surface area (Å²) in [6.45, 7) is 5.82. The molecule has 0 bridgehead atoms. The van der Waals surface area contributed by atoms with Crippen molar-refractivity contribution in [3.63, 3.8) is 0 Å². The van der Waals surface area contributed by atoms with Crippen LogP contribution < -0.4 is 4.74 Å². The molecule has 2 heterocycles. The van der Waals surface area contributed by atoms with Gasteiger partial charge in [-0.1, -0.05) is 44.2 Å². The first-order valence-electron chi connectivity index (χ1n) is 9.40. The minimum Gasteiger partial charge on any atom is -0.492 e. The van der Waals surface area contributed by atoms with E-state index >= 15 is 0 Å². The summed E-state index contributed by atoms with van der Waals surface area (Å²) in [5.74, 6) is 2.55. The van der Waals surface area contributed by atoms with Gasteiger partial charge < -0.3 is 9.30 Å². The number of nitrogens with zero attached hydrogens (tertiary/aromatic N) is 2. The molecule has 0 spiro atoms. The number of imidazole rings is 1. The summed E-state index contributed by atoms with van der Waals surface area (Å²) in [5, 5.41) is 2.12. The van der Waals surface area contributed by atoms with Crippen molar-refractivity contribution in [2.45, 2.75) is 32.7 Å². The third kappa shape index (κ3) is 4.06. The number of ether oxygens (including phenoxy) is 1. The first-order valence-corrected chi connectivity index (χ1v) is 10.3. The van der Waals surface area contributed by atoms with Crippen molar-refractivity contribution in [3.8, 4) is 5.75 Å². The lowest BCUT2D eigenvalue weighted by Crippen LogP contribution is -2.11. The SMILES string of the molecule is CC(C)c1ccc(OCCn2c(Cc3cccs3)nc3ccccc32)cc1. The zero-order chi connectivity index (χ0) is 18.6. The molecule has 0 amide bonds. The average molecular weight is 377 g/mol. The van der Waals surface area contributed by atoms with Crippen LogP contribution in [0.15, 0.2) is 66.0 Å². The van der Waals surface area contributed by atoms with Crippen molar-refractivity contribution in [2.24, 2.45) is 0 Å². The first kappa shape index (κ1) is 17.8. The zero-order valence-corrected chi connectivity index (χ0v) is 16.6. The van der Waals surface area contributed by atoms with Crippen molar-refractivity contribution >= 4 is 22.4 Å². The van der Waals surface area contributed by atoms with E-state index in [0.29, 0.717) is 12.5 Å². The van der Waals surface area contributed by atoms with Crippen molar-refractivity contribution in [1.29, 1.82) is 0 Å². The van der Waals surface area contributed by atoms with Crippen molar-refractivity contribution in [2.75, 3.05) is 6.61 Å². The molecule has 0 aliphatic heterocycles. The Labute approximate surface area is 164 Å². The fourth-order valence-electron chi connectivity index (χ4n) is 3.28. The third-order valence-corrected chi connectivity index (χ3v) is 5.65. The van der Waals surface area contributed by atoms with Crippen LogP contribution in [-0.4, -0.2) is 16.2 Å². The molecule has 0 fully saturated rings. The molecule has 0 saturated heterocycles. The van der Waals surface area contributed by atoms with E-state index < -0.39 is 0 Å². The van der Waals surface area contributed by atoms with E-state index in [1.807, 2.05) is 6.07 Å². The summed E-state index contributed by atoms with van der Waals surface area (Å²) in [6.07, 6.45) is 0.857. The minimum absolute atomic E-state index is 0.538. The summed E-state index contributed by atoms with van der Waals surface area (Å²) in [7, 11) is 0. The number of hydrogen-bond donors (Lipinski definition) is 0. The molecule has 4 rings (SSSR count). The molecule has 0 N–H and O–H groups in total. The molecule has 3 nitrogen and oxygen atoms in total. The van der Waals surface area contributed by atoms with Gasteiger partial charge in [0, 0.05) is 11.3 Å². The van der Waals surface area contributed by atoms with Gasteiger partial charge >= 0.3 is 0 Å². The molecule has 2 aromatic heterocycles.